The summed E-state index contributed by atoms with van der Waals surface area (Å²) in [6.45, 7) is 0. The summed E-state index contributed by atoms with van der Waals surface area (Å²) in [6, 6.07) is 0. The molecule has 0 spiro atoms. The average molecular weight is 231 g/mol. The average Bonchev–Trinajstić information content (AvgIpc) is 2.30. The van der Waals surface area contributed by atoms with Crippen molar-refractivity contribution in [2.24, 2.45) is 11.8 Å². The molecule has 3 atom stereocenters. The molecule has 0 heterocycles. The van der Waals surface area contributed by atoms with Gasteiger partial charge in [-0.25, -0.2) is 0 Å². The molecule has 1 nitrogen and oxygen atoms in total. The van der Waals surface area contributed by atoms with E-state index in [0.717, 1.165) is 12.8 Å². The molecular weight excluding hydrogens is 208 g/mol. The highest BCUT2D eigenvalue weighted by atomic mass is 35.5. The normalized spacial score (nSPS) is 36.4. The van der Waals surface area contributed by atoms with Gasteiger partial charge in [0.1, 0.15) is 0 Å². The van der Waals surface area contributed by atoms with E-state index in [9.17, 15) is 5.11 Å². The lowest BCUT2D eigenvalue weighted by Crippen LogP contribution is -2.37. The van der Waals surface area contributed by atoms with Gasteiger partial charge in [0.15, 0.2) is 0 Å². The van der Waals surface area contributed by atoms with Crippen LogP contribution in [0.4, 0.5) is 0 Å². The maximum Gasteiger partial charge on any atom is 0.0610 e. The van der Waals surface area contributed by atoms with Crippen LogP contribution in [0.15, 0.2) is 0 Å². The summed E-state index contributed by atoms with van der Waals surface area (Å²) < 4.78 is 0. The summed E-state index contributed by atoms with van der Waals surface area (Å²) in [6.07, 6.45) is 11.1. The monoisotopic (exact) mass is 230 g/mol. The van der Waals surface area contributed by atoms with Gasteiger partial charge in [0, 0.05) is 11.3 Å². The van der Waals surface area contributed by atoms with Crippen LogP contribution in [0.3, 0.4) is 0 Å². The van der Waals surface area contributed by atoms with Crippen LogP contribution >= 0.6 is 11.6 Å². The lowest BCUT2D eigenvalue weighted by molar-refractivity contribution is 0.0204. The van der Waals surface area contributed by atoms with Crippen LogP contribution in [-0.4, -0.2) is 16.6 Å². The minimum Gasteiger partial charge on any atom is -0.392 e. The maximum absolute atomic E-state index is 10.4. The zero-order valence-electron chi connectivity index (χ0n) is 9.50. The number of halogens is 1. The van der Waals surface area contributed by atoms with Crippen LogP contribution in [0.2, 0.25) is 0 Å². The Morgan fingerprint density at radius 3 is 2.13 bits per heavy atom. The van der Waals surface area contributed by atoms with E-state index in [1.54, 1.807) is 0 Å². The van der Waals surface area contributed by atoms with Gasteiger partial charge in [-0.2, -0.15) is 0 Å². The highest BCUT2D eigenvalue weighted by Crippen LogP contribution is 2.37. The fourth-order valence-electron chi connectivity index (χ4n) is 3.32. The van der Waals surface area contributed by atoms with E-state index in [0.29, 0.717) is 11.8 Å². The fraction of sp³-hybridized carbons (Fsp3) is 1.00. The molecule has 2 heteroatoms. The number of hydrogen-bond acceptors (Lipinski definition) is 1. The van der Waals surface area contributed by atoms with Crippen molar-refractivity contribution in [1.82, 2.24) is 0 Å². The lowest BCUT2D eigenvalue weighted by atomic mass is 9.75. The van der Waals surface area contributed by atoms with E-state index in [1.165, 1.54) is 44.9 Å². The number of aliphatic hydroxyl groups excluding tert-OH is 1. The molecule has 2 rings (SSSR count). The Morgan fingerprint density at radius 1 is 0.867 bits per heavy atom. The van der Waals surface area contributed by atoms with E-state index < -0.39 is 0 Å². The van der Waals surface area contributed by atoms with Gasteiger partial charge >= 0.3 is 0 Å². The Morgan fingerprint density at radius 2 is 1.47 bits per heavy atom. The smallest absolute Gasteiger partial charge is 0.0610 e. The summed E-state index contributed by atoms with van der Waals surface area (Å²) in [4.78, 5) is 0. The van der Waals surface area contributed by atoms with Crippen molar-refractivity contribution >= 4 is 11.6 Å². The van der Waals surface area contributed by atoms with Gasteiger partial charge in [-0.1, -0.05) is 32.1 Å². The quantitative estimate of drug-likeness (QED) is 0.717. The molecule has 2 fully saturated rings. The second kappa shape index (κ2) is 5.54. The molecule has 2 aliphatic carbocycles. The highest BCUT2D eigenvalue weighted by molar-refractivity contribution is 6.20. The van der Waals surface area contributed by atoms with Crippen molar-refractivity contribution in [2.75, 3.05) is 0 Å². The summed E-state index contributed by atoms with van der Waals surface area (Å²) >= 11 is 6.34. The first-order valence-electron chi connectivity index (χ1n) is 6.61. The first-order chi connectivity index (χ1) is 7.29. The van der Waals surface area contributed by atoms with Crippen molar-refractivity contribution in [3.63, 3.8) is 0 Å². The molecule has 0 aromatic heterocycles. The van der Waals surface area contributed by atoms with Crippen molar-refractivity contribution in [3.05, 3.63) is 0 Å². The second-order valence-electron chi connectivity index (χ2n) is 5.35. The van der Waals surface area contributed by atoms with E-state index in [1.807, 2.05) is 0 Å². The third kappa shape index (κ3) is 2.88. The van der Waals surface area contributed by atoms with E-state index in [4.69, 9.17) is 11.6 Å². The zero-order valence-corrected chi connectivity index (χ0v) is 10.3. The van der Waals surface area contributed by atoms with Crippen molar-refractivity contribution < 1.29 is 5.11 Å². The predicted octanol–water partition coefficient (Wildman–Crippen LogP) is 3.73. The van der Waals surface area contributed by atoms with Gasteiger partial charge in [-0.3, -0.25) is 0 Å². The van der Waals surface area contributed by atoms with Crippen LogP contribution in [0.5, 0.6) is 0 Å². The molecule has 0 unspecified atom stereocenters. The summed E-state index contributed by atoms with van der Waals surface area (Å²) in [5.41, 5.74) is 0. The SMILES string of the molecule is O[C@H](C1CCCCC1)[C@H]1CCCC[C@@H]1Cl. The fourth-order valence-corrected chi connectivity index (χ4v) is 3.75. The Bertz CT molecular complexity index is 189. The standard InChI is InChI=1S/C13H23ClO/c14-12-9-5-4-8-11(12)13(15)10-6-2-1-3-7-10/h10-13,15H,1-9H2/t11-,12-,13+/m0/s1. The summed E-state index contributed by atoms with van der Waals surface area (Å²) in [5, 5.41) is 10.6. The minimum absolute atomic E-state index is 0.118. The largest absolute Gasteiger partial charge is 0.392 e. The van der Waals surface area contributed by atoms with Crippen molar-refractivity contribution in [3.8, 4) is 0 Å². The highest BCUT2D eigenvalue weighted by Gasteiger charge is 2.34. The molecule has 1 N–H and O–H groups in total. The molecule has 0 amide bonds. The Hall–Kier alpha value is 0.250. The van der Waals surface area contributed by atoms with Gasteiger partial charge in [0.05, 0.1) is 6.10 Å². The first-order valence-corrected chi connectivity index (χ1v) is 7.05. The van der Waals surface area contributed by atoms with Gasteiger partial charge in [0.2, 0.25) is 0 Å². The predicted molar refractivity (Wildman–Crippen MR) is 64.2 cm³/mol. The van der Waals surface area contributed by atoms with Gasteiger partial charge in [-0.15, -0.1) is 11.6 Å². The number of alkyl halides is 1. The van der Waals surface area contributed by atoms with Crippen LogP contribution in [-0.2, 0) is 0 Å². The molecular formula is C13H23ClO. The van der Waals surface area contributed by atoms with Crippen LogP contribution in [0.25, 0.3) is 0 Å². The maximum atomic E-state index is 10.4. The number of hydrogen-bond donors (Lipinski definition) is 1. The number of rotatable bonds is 2. The van der Waals surface area contributed by atoms with E-state index in [2.05, 4.69) is 0 Å². The van der Waals surface area contributed by atoms with E-state index >= 15 is 0 Å². The minimum atomic E-state index is -0.118. The molecule has 0 aromatic rings. The van der Waals surface area contributed by atoms with E-state index in [-0.39, 0.29) is 11.5 Å². The van der Waals surface area contributed by atoms with Gasteiger partial charge in [0.25, 0.3) is 0 Å². The molecule has 2 saturated carbocycles. The molecule has 0 radical (unpaired) electrons. The third-order valence-electron chi connectivity index (χ3n) is 4.30. The first kappa shape index (κ1) is 11.7. The molecule has 88 valence electrons. The molecule has 2 aliphatic rings. The zero-order chi connectivity index (χ0) is 10.7. The van der Waals surface area contributed by atoms with Gasteiger partial charge in [-0.05, 0) is 31.6 Å². The van der Waals surface area contributed by atoms with Crippen LogP contribution in [0.1, 0.15) is 57.8 Å². The topological polar surface area (TPSA) is 20.2 Å². The second-order valence-corrected chi connectivity index (χ2v) is 5.91. The molecule has 0 aliphatic heterocycles. The van der Waals surface area contributed by atoms with Crippen LogP contribution in [0, 0.1) is 11.8 Å². The van der Waals surface area contributed by atoms with Crippen molar-refractivity contribution in [1.29, 1.82) is 0 Å². The Labute approximate surface area is 98.2 Å². The molecule has 0 aromatic carbocycles. The van der Waals surface area contributed by atoms with Crippen LogP contribution < -0.4 is 0 Å². The Balaban J connectivity index is 1.89. The summed E-state index contributed by atoms with van der Waals surface area (Å²) in [7, 11) is 0. The molecule has 0 bridgehead atoms. The molecule has 15 heavy (non-hydrogen) atoms. The third-order valence-corrected chi connectivity index (χ3v) is 4.85. The Kier molecular flexibility index (Phi) is 4.33. The van der Waals surface area contributed by atoms with Gasteiger partial charge < -0.3 is 5.11 Å². The number of aliphatic hydroxyl groups is 1. The summed E-state index contributed by atoms with van der Waals surface area (Å²) in [5.74, 6) is 0.923. The van der Waals surface area contributed by atoms with Crippen molar-refractivity contribution in [2.45, 2.75) is 69.3 Å². The lowest BCUT2D eigenvalue weighted by Gasteiger charge is -2.36. The molecule has 0 saturated heterocycles.